The maximum absolute atomic E-state index is 12.7. The van der Waals surface area contributed by atoms with Gasteiger partial charge in [0.2, 0.25) is 5.95 Å². The highest BCUT2D eigenvalue weighted by Crippen LogP contribution is 2.38. The van der Waals surface area contributed by atoms with E-state index in [1.807, 2.05) is 53.3 Å². The van der Waals surface area contributed by atoms with Crippen molar-refractivity contribution in [2.75, 3.05) is 24.0 Å². The van der Waals surface area contributed by atoms with Crippen molar-refractivity contribution in [3.05, 3.63) is 59.3 Å². The average Bonchev–Trinajstić information content (AvgIpc) is 3.14. The zero-order valence-electron chi connectivity index (χ0n) is 18.7. The van der Waals surface area contributed by atoms with E-state index in [2.05, 4.69) is 62.4 Å². The Kier molecular flexibility index (Phi) is 5.86. The number of rotatable bonds is 5. The molecule has 0 spiro atoms. The molecule has 0 saturated heterocycles. The number of hydrogen-bond donors (Lipinski definition) is 2. The number of para-hydroxylation sites is 1. The maximum Gasteiger partial charge on any atom is 0.229 e. The van der Waals surface area contributed by atoms with Crippen molar-refractivity contribution < 1.29 is 4.57 Å². The van der Waals surface area contributed by atoms with Crippen LogP contribution in [0, 0.1) is 0 Å². The minimum Gasteiger partial charge on any atom is -0.339 e. The van der Waals surface area contributed by atoms with E-state index in [1.165, 1.54) is 0 Å². The number of nitrogens with one attached hydrogen (secondary N) is 2. The summed E-state index contributed by atoms with van der Waals surface area (Å²) in [5.74, 6) is 1.04. The van der Waals surface area contributed by atoms with Crippen molar-refractivity contribution in [3.63, 3.8) is 0 Å². The van der Waals surface area contributed by atoms with Gasteiger partial charge in [-0.3, -0.25) is 4.68 Å². The van der Waals surface area contributed by atoms with E-state index < -0.39 is 7.14 Å². The van der Waals surface area contributed by atoms with Crippen LogP contribution in [0.25, 0.3) is 10.9 Å². The lowest BCUT2D eigenvalue weighted by Crippen LogP contribution is -2.22. The molecule has 9 heteroatoms. The fourth-order valence-corrected chi connectivity index (χ4v) is 4.91. The van der Waals surface area contributed by atoms with Crippen LogP contribution in [0.2, 0.25) is 0 Å². The quantitative estimate of drug-likeness (QED) is 0.315. The number of halogens is 1. The van der Waals surface area contributed by atoms with Crippen molar-refractivity contribution in [2.24, 2.45) is 0 Å². The van der Waals surface area contributed by atoms with Crippen LogP contribution in [-0.2, 0) is 10.1 Å². The van der Waals surface area contributed by atoms with E-state index in [1.54, 1.807) is 19.5 Å². The molecule has 0 atom stereocenters. The number of hydrogen-bond acceptors (Lipinski definition) is 6. The lowest BCUT2D eigenvalue weighted by atomic mass is 10.1. The molecule has 4 rings (SSSR count). The monoisotopic (exact) mass is 512 g/mol. The molecule has 2 aromatic heterocycles. The van der Waals surface area contributed by atoms with Crippen LogP contribution in [0.1, 0.15) is 20.8 Å². The van der Waals surface area contributed by atoms with Gasteiger partial charge in [0.1, 0.15) is 13.0 Å². The topological polar surface area (TPSA) is 84.7 Å². The Morgan fingerprint density at radius 2 is 1.78 bits per heavy atom. The third kappa shape index (κ3) is 4.71. The first kappa shape index (κ1) is 22.5. The standard InChI is InChI=1S/C23H26BrN6OP/c1-23(2,3)30-19-11-10-16(12-15(19)13-26-30)27-22-25-14-17(24)21(29-22)28-18-8-6-7-9-20(18)32(4,5)31/h6-14H,1-5H3,(H2,25,27,28,29). The van der Waals surface area contributed by atoms with Crippen LogP contribution in [0.15, 0.2) is 59.3 Å². The lowest BCUT2D eigenvalue weighted by Gasteiger charge is -2.20. The molecule has 166 valence electrons. The van der Waals surface area contributed by atoms with Gasteiger partial charge >= 0.3 is 0 Å². The van der Waals surface area contributed by atoms with Gasteiger partial charge < -0.3 is 15.2 Å². The second kappa shape index (κ2) is 8.34. The van der Waals surface area contributed by atoms with Gasteiger partial charge in [-0.05, 0) is 80.4 Å². The normalized spacial score (nSPS) is 12.2. The number of nitrogens with zero attached hydrogens (tertiary/aromatic N) is 4. The van der Waals surface area contributed by atoms with Crippen molar-refractivity contribution in [3.8, 4) is 0 Å². The Labute approximate surface area is 196 Å². The molecule has 7 nitrogen and oxygen atoms in total. The molecule has 2 heterocycles. The van der Waals surface area contributed by atoms with E-state index >= 15 is 0 Å². The van der Waals surface area contributed by atoms with Crippen LogP contribution in [0.3, 0.4) is 0 Å². The number of fused-ring (bicyclic) bond motifs is 1. The van der Waals surface area contributed by atoms with E-state index in [0.717, 1.165) is 27.6 Å². The zero-order valence-corrected chi connectivity index (χ0v) is 21.2. The van der Waals surface area contributed by atoms with Gasteiger partial charge in [0.05, 0.1) is 27.4 Å². The van der Waals surface area contributed by atoms with Crippen molar-refractivity contribution in [1.82, 2.24) is 19.7 Å². The lowest BCUT2D eigenvalue weighted by molar-refractivity contribution is 0.368. The summed E-state index contributed by atoms with van der Waals surface area (Å²) in [6.45, 7) is 9.90. The van der Waals surface area contributed by atoms with Crippen molar-refractivity contribution in [1.29, 1.82) is 0 Å². The van der Waals surface area contributed by atoms with Crippen LogP contribution >= 0.6 is 23.1 Å². The van der Waals surface area contributed by atoms with Crippen LogP contribution in [0.5, 0.6) is 0 Å². The van der Waals surface area contributed by atoms with Crippen LogP contribution in [0.4, 0.5) is 23.1 Å². The van der Waals surface area contributed by atoms with Gasteiger partial charge in [0.15, 0.2) is 0 Å². The molecule has 0 aliphatic carbocycles. The largest absolute Gasteiger partial charge is 0.339 e. The molecule has 0 unspecified atom stereocenters. The van der Waals surface area contributed by atoms with Gasteiger partial charge in [0, 0.05) is 22.6 Å². The minimum atomic E-state index is -2.45. The molecule has 0 bridgehead atoms. The molecule has 0 aliphatic rings. The van der Waals surface area contributed by atoms with Crippen molar-refractivity contribution >= 4 is 62.4 Å². The first-order chi connectivity index (χ1) is 15.0. The number of aromatic nitrogens is 4. The molecule has 2 aromatic carbocycles. The summed E-state index contributed by atoms with van der Waals surface area (Å²) in [5, 5.41) is 12.9. The summed E-state index contributed by atoms with van der Waals surface area (Å²) < 4.78 is 15.4. The summed E-state index contributed by atoms with van der Waals surface area (Å²) >= 11 is 3.51. The Morgan fingerprint density at radius 3 is 2.50 bits per heavy atom. The molecule has 0 amide bonds. The third-order valence-electron chi connectivity index (χ3n) is 4.94. The second-order valence-electron chi connectivity index (χ2n) is 9.01. The maximum atomic E-state index is 12.7. The Bertz CT molecular complexity index is 1340. The van der Waals surface area contributed by atoms with Crippen molar-refractivity contribution in [2.45, 2.75) is 26.3 Å². The summed E-state index contributed by atoms with van der Waals surface area (Å²) in [7, 11) is -2.45. The second-order valence-corrected chi connectivity index (χ2v) is 13.0. The Balaban J connectivity index is 1.62. The summed E-state index contributed by atoms with van der Waals surface area (Å²) in [6, 6.07) is 13.6. The molecule has 0 aliphatic heterocycles. The molecule has 2 N–H and O–H groups in total. The van der Waals surface area contributed by atoms with Gasteiger partial charge in [-0.2, -0.15) is 10.1 Å². The Hall–Kier alpha value is -2.70. The van der Waals surface area contributed by atoms with Gasteiger partial charge in [0.25, 0.3) is 0 Å². The number of benzene rings is 2. The first-order valence-corrected chi connectivity index (χ1v) is 13.6. The smallest absolute Gasteiger partial charge is 0.229 e. The fraction of sp³-hybridized carbons (Fsp3) is 0.261. The molecule has 0 saturated carbocycles. The van der Waals surface area contributed by atoms with Gasteiger partial charge in [-0.1, -0.05) is 12.1 Å². The van der Waals surface area contributed by atoms with E-state index in [9.17, 15) is 4.57 Å². The molecule has 0 fully saturated rings. The van der Waals surface area contributed by atoms with Gasteiger partial charge in [-0.15, -0.1) is 0 Å². The number of anilines is 4. The molecule has 32 heavy (non-hydrogen) atoms. The molecule has 0 radical (unpaired) electrons. The van der Waals surface area contributed by atoms with Gasteiger partial charge in [-0.25, -0.2) is 4.98 Å². The highest BCUT2D eigenvalue weighted by molar-refractivity contribution is 9.10. The predicted molar refractivity (Wildman–Crippen MR) is 137 cm³/mol. The summed E-state index contributed by atoms with van der Waals surface area (Å²) in [5.41, 5.74) is 2.61. The minimum absolute atomic E-state index is 0.0939. The zero-order chi connectivity index (χ0) is 23.1. The van der Waals surface area contributed by atoms with Crippen LogP contribution in [-0.4, -0.2) is 33.1 Å². The highest BCUT2D eigenvalue weighted by Gasteiger charge is 2.18. The summed E-state index contributed by atoms with van der Waals surface area (Å²) in [4.78, 5) is 9.01. The first-order valence-electron chi connectivity index (χ1n) is 10.2. The highest BCUT2D eigenvalue weighted by atomic mass is 79.9. The third-order valence-corrected chi connectivity index (χ3v) is 7.07. The average molecular weight is 513 g/mol. The van der Waals surface area contributed by atoms with E-state index in [4.69, 9.17) is 0 Å². The molecular weight excluding hydrogens is 487 g/mol. The predicted octanol–water partition coefficient (Wildman–Crippen LogP) is 6.08. The Morgan fingerprint density at radius 1 is 1.03 bits per heavy atom. The SMILES string of the molecule is CC(C)(C)n1ncc2cc(Nc3ncc(Br)c(Nc4ccccc4P(C)(C)=O)n3)ccc21. The summed E-state index contributed by atoms with van der Waals surface area (Å²) in [6.07, 6.45) is 3.56. The van der Waals surface area contributed by atoms with E-state index in [-0.39, 0.29) is 5.54 Å². The molecular formula is C23H26BrN6OP. The fourth-order valence-electron chi connectivity index (χ4n) is 3.47. The molecule has 4 aromatic rings. The van der Waals surface area contributed by atoms with E-state index in [0.29, 0.717) is 16.2 Å². The van der Waals surface area contributed by atoms with Crippen LogP contribution < -0.4 is 15.9 Å².